The Hall–Kier alpha value is -3.33. The summed E-state index contributed by atoms with van der Waals surface area (Å²) in [7, 11) is 0. The molecule has 0 spiro atoms. The molecule has 0 aliphatic rings. The molecule has 0 fully saturated rings. The van der Waals surface area contributed by atoms with E-state index in [-0.39, 0.29) is 11.8 Å². The fraction of sp³-hybridized carbons (Fsp3) is 0.154. The number of hydrogen-bond donors (Lipinski definition) is 2. The van der Waals surface area contributed by atoms with Crippen LogP contribution >= 0.6 is 23.3 Å². The first-order chi connectivity index (χ1) is 16.6. The molecule has 174 valence electrons. The fourth-order valence-electron chi connectivity index (χ4n) is 3.42. The van der Waals surface area contributed by atoms with Gasteiger partial charge in [0.2, 0.25) is 11.8 Å². The minimum atomic E-state index is -0.559. The zero-order valence-electron chi connectivity index (χ0n) is 18.6. The van der Waals surface area contributed by atoms with Gasteiger partial charge in [-0.3, -0.25) is 9.59 Å². The Morgan fingerprint density at radius 1 is 0.971 bits per heavy atom. The van der Waals surface area contributed by atoms with Crippen LogP contribution in [0.2, 0.25) is 0 Å². The van der Waals surface area contributed by atoms with Crippen molar-refractivity contribution >= 4 is 40.8 Å². The molecule has 4 aromatic rings. The highest BCUT2D eigenvalue weighted by Gasteiger charge is 2.27. The molecule has 0 aliphatic carbocycles. The highest BCUT2D eigenvalue weighted by molar-refractivity contribution is 7.97. The minimum absolute atomic E-state index is 0.0432. The third-order valence-corrected chi connectivity index (χ3v) is 6.74. The molecule has 34 heavy (non-hydrogen) atoms. The Morgan fingerprint density at radius 2 is 1.76 bits per heavy atom. The maximum absolute atomic E-state index is 13.9. The second kappa shape index (κ2) is 11.7. The minimum Gasteiger partial charge on any atom is -0.467 e. The molecule has 2 aromatic carbocycles. The normalized spacial score (nSPS) is 11.7. The van der Waals surface area contributed by atoms with E-state index in [1.165, 1.54) is 18.9 Å². The van der Waals surface area contributed by atoms with Crippen molar-refractivity contribution in [2.75, 3.05) is 5.32 Å². The highest BCUT2D eigenvalue weighted by atomic mass is 32.2. The lowest BCUT2D eigenvalue weighted by Crippen LogP contribution is -2.38. The number of nitrogens with one attached hydrogen (secondary N) is 2. The first-order valence-electron chi connectivity index (χ1n) is 10.8. The van der Waals surface area contributed by atoms with Crippen LogP contribution in [0.15, 0.2) is 99.8 Å². The van der Waals surface area contributed by atoms with Crippen molar-refractivity contribution in [3.05, 3.63) is 107 Å². The van der Waals surface area contributed by atoms with Crippen LogP contribution in [0.3, 0.4) is 0 Å². The first kappa shape index (κ1) is 23.8. The molecule has 2 heterocycles. The molecule has 8 heteroatoms. The molecule has 1 atom stereocenters. The molecule has 0 saturated carbocycles. The molecule has 6 nitrogen and oxygen atoms in total. The Morgan fingerprint density at radius 3 is 2.41 bits per heavy atom. The van der Waals surface area contributed by atoms with Crippen molar-refractivity contribution < 1.29 is 14.0 Å². The van der Waals surface area contributed by atoms with Gasteiger partial charge in [0, 0.05) is 22.4 Å². The smallest absolute Gasteiger partial charge is 0.245 e. The molecule has 0 saturated heterocycles. The predicted octanol–water partition coefficient (Wildman–Crippen LogP) is 5.87. The number of benzene rings is 2. The van der Waals surface area contributed by atoms with Gasteiger partial charge in [0.15, 0.2) is 0 Å². The van der Waals surface area contributed by atoms with Crippen LogP contribution in [-0.2, 0) is 22.7 Å². The summed E-state index contributed by atoms with van der Waals surface area (Å²) in [6.45, 7) is 2.36. The summed E-state index contributed by atoms with van der Waals surface area (Å²) in [5, 5.41) is 4.77. The van der Waals surface area contributed by atoms with Crippen LogP contribution in [-0.4, -0.2) is 16.7 Å². The average molecular weight is 492 g/mol. The summed E-state index contributed by atoms with van der Waals surface area (Å²) in [5.74, 6) is 0.576. The van der Waals surface area contributed by atoms with E-state index in [2.05, 4.69) is 10.0 Å². The topological polar surface area (TPSA) is 74.6 Å². The molecule has 0 unspecified atom stereocenters. The standard InChI is InChI=1S/C26H25N3O3S2/c1-19(30)27-21-11-13-23(14-12-21)34-28-25(20-7-3-2-4-8-20)26(31)29(17-22-9-5-15-32-22)18-24-10-6-16-33-24/h2-16,25,28H,17-18H2,1H3,(H,27,30)/t25-/m1/s1. The number of nitrogens with zero attached hydrogens (tertiary/aromatic N) is 1. The van der Waals surface area contributed by atoms with Gasteiger partial charge < -0.3 is 14.6 Å². The van der Waals surface area contributed by atoms with E-state index in [0.717, 1.165) is 26.8 Å². The molecule has 0 aliphatic heterocycles. The summed E-state index contributed by atoms with van der Waals surface area (Å²) in [6, 6.07) is 24.4. The first-order valence-corrected chi connectivity index (χ1v) is 12.5. The number of rotatable bonds is 10. The largest absolute Gasteiger partial charge is 0.467 e. The highest BCUT2D eigenvalue weighted by Crippen LogP contribution is 2.26. The van der Waals surface area contributed by atoms with Crippen LogP contribution < -0.4 is 10.0 Å². The SMILES string of the molecule is CC(=O)Nc1ccc(SN[C@@H](C(=O)N(Cc2ccco2)Cc2cccs2)c2ccccc2)cc1. The maximum atomic E-state index is 13.9. The summed E-state index contributed by atoms with van der Waals surface area (Å²) in [6.07, 6.45) is 1.62. The second-order valence-electron chi connectivity index (χ2n) is 7.62. The number of furan rings is 1. The zero-order chi connectivity index (χ0) is 23.8. The monoisotopic (exact) mass is 491 g/mol. The Kier molecular flexibility index (Phi) is 8.19. The van der Waals surface area contributed by atoms with Crippen molar-refractivity contribution in [3.63, 3.8) is 0 Å². The molecule has 2 amide bonds. The lowest BCUT2D eigenvalue weighted by Gasteiger charge is -2.27. The Bertz CT molecular complexity index is 1140. The molecule has 2 N–H and O–H groups in total. The molecule has 0 radical (unpaired) electrons. The van der Waals surface area contributed by atoms with Crippen LogP contribution in [0.1, 0.15) is 29.2 Å². The lowest BCUT2D eigenvalue weighted by molar-refractivity contribution is -0.134. The number of carbonyl (C=O) groups excluding carboxylic acids is 2. The zero-order valence-corrected chi connectivity index (χ0v) is 20.3. The van der Waals surface area contributed by atoms with Gasteiger partial charge in [0.25, 0.3) is 0 Å². The van der Waals surface area contributed by atoms with Crippen molar-refractivity contribution in [1.29, 1.82) is 0 Å². The van der Waals surface area contributed by atoms with Gasteiger partial charge in [-0.1, -0.05) is 36.4 Å². The number of hydrogen-bond acceptors (Lipinski definition) is 6. The van der Waals surface area contributed by atoms with Crippen LogP contribution in [0.4, 0.5) is 5.69 Å². The Labute approximate surface area is 207 Å². The third kappa shape index (κ3) is 6.60. The van der Waals surface area contributed by atoms with Gasteiger partial charge in [-0.2, -0.15) is 0 Å². The number of thiophene rings is 1. The molecular formula is C26H25N3O3S2. The lowest BCUT2D eigenvalue weighted by atomic mass is 10.1. The van der Waals surface area contributed by atoms with Gasteiger partial charge in [-0.15, -0.1) is 11.3 Å². The fourth-order valence-corrected chi connectivity index (χ4v) is 4.90. The summed E-state index contributed by atoms with van der Waals surface area (Å²) in [4.78, 5) is 29.0. The van der Waals surface area contributed by atoms with E-state index in [1.807, 2.05) is 89.1 Å². The van der Waals surface area contributed by atoms with E-state index in [1.54, 1.807) is 17.6 Å². The second-order valence-corrected chi connectivity index (χ2v) is 9.57. The van der Waals surface area contributed by atoms with E-state index in [0.29, 0.717) is 13.1 Å². The van der Waals surface area contributed by atoms with E-state index >= 15 is 0 Å². The van der Waals surface area contributed by atoms with Crippen LogP contribution in [0, 0.1) is 0 Å². The summed E-state index contributed by atoms with van der Waals surface area (Å²) >= 11 is 3.01. The van der Waals surface area contributed by atoms with Gasteiger partial charge in [0.05, 0.1) is 19.4 Å². The van der Waals surface area contributed by atoms with Crippen molar-refractivity contribution in [2.24, 2.45) is 0 Å². The van der Waals surface area contributed by atoms with E-state index in [9.17, 15) is 9.59 Å². The van der Waals surface area contributed by atoms with Crippen molar-refractivity contribution in [1.82, 2.24) is 9.62 Å². The van der Waals surface area contributed by atoms with Crippen LogP contribution in [0.5, 0.6) is 0 Å². The van der Waals surface area contributed by atoms with E-state index < -0.39 is 6.04 Å². The maximum Gasteiger partial charge on any atom is 0.245 e. The number of anilines is 1. The van der Waals surface area contributed by atoms with Gasteiger partial charge in [0.1, 0.15) is 11.8 Å². The predicted molar refractivity (Wildman–Crippen MR) is 136 cm³/mol. The van der Waals surface area contributed by atoms with Crippen molar-refractivity contribution in [2.45, 2.75) is 31.0 Å². The van der Waals surface area contributed by atoms with Crippen LogP contribution in [0.25, 0.3) is 0 Å². The average Bonchev–Trinajstić information content (AvgIpc) is 3.55. The number of carbonyl (C=O) groups is 2. The third-order valence-electron chi connectivity index (χ3n) is 5.01. The Balaban J connectivity index is 1.54. The van der Waals surface area contributed by atoms with E-state index in [4.69, 9.17) is 4.42 Å². The van der Waals surface area contributed by atoms with Crippen molar-refractivity contribution in [3.8, 4) is 0 Å². The van der Waals surface area contributed by atoms with Gasteiger partial charge in [-0.25, -0.2) is 4.72 Å². The molecule has 2 aromatic heterocycles. The quantitative estimate of drug-likeness (QED) is 0.272. The van der Waals surface area contributed by atoms with Gasteiger partial charge >= 0.3 is 0 Å². The molecule has 4 rings (SSSR count). The molecular weight excluding hydrogens is 466 g/mol. The summed E-state index contributed by atoms with van der Waals surface area (Å²) in [5.41, 5.74) is 1.61. The number of amides is 2. The molecule has 0 bridgehead atoms. The van der Waals surface area contributed by atoms with Gasteiger partial charge in [-0.05, 0) is 65.4 Å². The summed E-state index contributed by atoms with van der Waals surface area (Å²) < 4.78 is 8.90.